The van der Waals surface area contributed by atoms with Crippen LogP contribution in [0.3, 0.4) is 0 Å². The predicted octanol–water partition coefficient (Wildman–Crippen LogP) is 4.63. The van der Waals surface area contributed by atoms with E-state index in [2.05, 4.69) is 10.6 Å². The average Bonchev–Trinajstić information content (AvgIpc) is 3.36. The minimum absolute atomic E-state index is 0.0104. The van der Waals surface area contributed by atoms with Crippen LogP contribution in [0, 0.1) is 5.41 Å². The summed E-state index contributed by atoms with van der Waals surface area (Å²) in [6.45, 7) is -0.0104. The molecule has 0 spiro atoms. The lowest BCUT2D eigenvalue weighted by Gasteiger charge is -2.26. The van der Waals surface area contributed by atoms with Crippen molar-refractivity contribution in [3.8, 4) is 17.1 Å². The van der Waals surface area contributed by atoms with Gasteiger partial charge in [0.05, 0.1) is 5.69 Å². The zero-order valence-electron chi connectivity index (χ0n) is 19.8. The fourth-order valence-corrected chi connectivity index (χ4v) is 5.13. The van der Waals surface area contributed by atoms with E-state index in [0.717, 1.165) is 58.2 Å². The third kappa shape index (κ3) is 5.36. The van der Waals surface area contributed by atoms with E-state index in [1.54, 1.807) is 0 Å². The smallest absolute Gasteiger partial charge is 0.258 e. The van der Waals surface area contributed by atoms with E-state index in [9.17, 15) is 4.79 Å². The third-order valence-corrected chi connectivity index (χ3v) is 7.30. The SMILES string of the molecule is N=C/C(=C\N)c1ccc(Nc2nc(-c3cccc(OCC(=O)NC4CCC4)c3)nc3c2CSC3)cc1. The number of ether oxygens (including phenoxy) is 1. The number of thioether (sulfide) groups is 1. The lowest BCUT2D eigenvalue weighted by Crippen LogP contribution is -2.41. The molecule has 0 bridgehead atoms. The second-order valence-electron chi connectivity index (χ2n) is 8.79. The number of aromatic nitrogens is 2. The number of benzene rings is 2. The molecule has 184 valence electrons. The monoisotopic (exact) mass is 500 g/mol. The van der Waals surface area contributed by atoms with E-state index in [1.165, 1.54) is 18.8 Å². The Morgan fingerprint density at radius 3 is 2.72 bits per heavy atom. The standard InChI is InChI=1S/C27H28N6O2S/c28-12-19(13-29)17-7-9-21(10-8-17)31-27-23-15-36-16-24(23)32-26(33-27)18-3-1-6-22(11-18)35-14-25(34)30-20-4-2-5-20/h1,3,6-13,20,28H,2,4-5,14-16,29H2,(H,30,34)(H,31,32,33)/b19-13+,28-12?. The van der Waals surface area contributed by atoms with Gasteiger partial charge in [0.1, 0.15) is 11.6 Å². The molecule has 1 aromatic heterocycles. The molecular weight excluding hydrogens is 472 g/mol. The van der Waals surface area contributed by atoms with Crippen molar-refractivity contribution in [1.29, 1.82) is 5.41 Å². The van der Waals surface area contributed by atoms with E-state index in [1.807, 2.05) is 60.3 Å². The van der Waals surface area contributed by atoms with Gasteiger partial charge in [-0.05, 0) is 49.1 Å². The van der Waals surface area contributed by atoms with Crippen LogP contribution in [-0.4, -0.2) is 34.7 Å². The largest absolute Gasteiger partial charge is 0.484 e. The summed E-state index contributed by atoms with van der Waals surface area (Å²) in [6, 6.07) is 15.6. The molecule has 5 N–H and O–H groups in total. The number of carbonyl (C=O) groups excluding carboxylic acids is 1. The van der Waals surface area contributed by atoms with Crippen LogP contribution in [0.15, 0.2) is 54.7 Å². The van der Waals surface area contributed by atoms with Crippen LogP contribution in [0.4, 0.5) is 11.5 Å². The van der Waals surface area contributed by atoms with Gasteiger partial charge in [-0.15, -0.1) is 0 Å². The number of carbonyl (C=O) groups is 1. The van der Waals surface area contributed by atoms with Gasteiger partial charge < -0.3 is 26.5 Å². The van der Waals surface area contributed by atoms with Gasteiger partial charge in [-0.1, -0.05) is 24.3 Å². The van der Waals surface area contributed by atoms with E-state index in [4.69, 9.17) is 25.8 Å². The molecule has 1 aliphatic heterocycles. The van der Waals surface area contributed by atoms with Crippen molar-refractivity contribution in [2.24, 2.45) is 5.73 Å². The van der Waals surface area contributed by atoms with Crippen LogP contribution in [0.2, 0.25) is 0 Å². The molecule has 3 aromatic rings. The molecule has 0 unspecified atom stereocenters. The van der Waals surface area contributed by atoms with Crippen LogP contribution in [0.1, 0.15) is 36.1 Å². The molecule has 0 saturated heterocycles. The zero-order chi connectivity index (χ0) is 24.9. The summed E-state index contributed by atoms with van der Waals surface area (Å²) < 4.78 is 5.75. The number of fused-ring (bicyclic) bond motifs is 1. The van der Waals surface area contributed by atoms with Crippen LogP contribution >= 0.6 is 11.8 Å². The van der Waals surface area contributed by atoms with E-state index < -0.39 is 0 Å². The number of allylic oxidation sites excluding steroid dienone is 1. The number of anilines is 2. The fourth-order valence-electron chi connectivity index (χ4n) is 4.09. The molecule has 1 aliphatic carbocycles. The Bertz CT molecular complexity index is 1300. The summed E-state index contributed by atoms with van der Waals surface area (Å²) in [7, 11) is 0. The number of nitrogens with two attached hydrogens (primary N) is 1. The molecule has 0 atom stereocenters. The van der Waals surface area contributed by atoms with Crippen molar-refractivity contribution in [2.45, 2.75) is 36.8 Å². The first-order valence-corrected chi connectivity index (χ1v) is 13.1. The lowest BCUT2D eigenvalue weighted by molar-refractivity contribution is -0.124. The molecular formula is C27H28N6O2S. The van der Waals surface area contributed by atoms with E-state index in [-0.39, 0.29) is 12.5 Å². The topological polar surface area (TPSA) is 126 Å². The molecule has 2 aliphatic rings. The second kappa shape index (κ2) is 10.8. The van der Waals surface area contributed by atoms with Crippen LogP contribution < -0.4 is 21.1 Å². The highest BCUT2D eigenvalue weighted by molar-refractivity contribution is 7.98. The Labute approximate surface area is 214 Å². The highest BCUT2D eigenvalue weighted by Crippen LogP contribution is 2.36. The Morgan fingerprint density at radius 2 is 2.00 bits per heavy atom. The van der Waals surface area contributed by atoms with Gasteiger partial charge >= 0.3 is 0 Å². The highest BCUT2D eigenvalue weighted by atomic mass is 32.2. The van der Waals surface area contributed by atoms with Gasteiger partial charge in [0.25, 0.3) is 5.91 Å². The summed E-state index contributed by atoms with van der Waals surface area (Å²) in [5, 5.41) is 13.9. The summed E-state index contributed by atoms with van der Waals surface area (Å²) in [4.78, 5) is 21.8. The number of hydrogen-bond acceptors (Lipinski definition) is 8. The van der Waals surface area contributed by atoms with Crippen molar-refractivity contribution in [3.63, 3.8) is 0 Å². The summed E-state index contributed by atoms with van der Waals surface area (Å²) in [6.07, 6.45) is 5.93. The minimum atomic E-state index is -0.0943. The van der Waals surface area contributed by atoms with Gasteiger partial charge in [-0.3, -0.25) is 4.79 Å². The van der Waals surface area contributed by atoms with Crippen LogP contribution in [0.25, 0.3) is 17.0 Å². The fraction of sp³-hybridized carbons (Fsp3) is 0.259. The Kier molecular flexibility index (Phi) is 7.18. The predicted molar refractivity (Wildman–Crippen MR) is 144 cm³/mol. The number of nitrogens with one attached hydrogen (secondary N) is 3. The second-order valence-corrected chi connectivity index (χ2v) is 9.78. The van der Waals surface area contributed by atoms with E-state index >= 15 is 0 Å². The normalized spacial score (nSPS) is 15.1. The Balaban J connectivity index is 1.34. The number of rotatable bonds is 9. The molecule has 9 heteroatoms. The number of nitrogens with zero attached hydrogens (tertiary/aromatic N) is 2. The molecule has 36 heavy (non-hydrogen) atoms. The average molecular weight is 501 g/mol. The molecule has 1 fully saturated rings. The lowest BCUT2D eigenvalue weighted by atomic mass is 9.93. The summed E-state index contributed by atoms with van der Waals surface area (Å²) in [5.41, 5.74) is 11.0. The van der Waals surface area contributed by atoms with Crippen molar-refractivity contribution in [2.75, 3.05) is 11.9 Å². The zero-order valence-corrected chi connectivity index (χ0v) is 20.6. The van der Waals surface area contributed by atoms with Gasteiger partial charge in [0.15, 0.2) is 12.4 Å². The first kappa shape index (κ1) is 23.9. The summed E-state index contributed by atoms with van der Waals surface area (Å²) >= 11 is 1.81. The first-order valence-electron chi connectivity index (χ1n) is 11.9. The van der Waals surface area contributed by atoms with Gasteiger partial charge in [-0.2, -0.15) is 11.8 Å². The van der Waals surface area contributed by atoms with E-state index in [0.29, 0.717) is 23.2 Å². The maximum absolute atomic E-state index is 12.1. The first-order chi connectivity index (χ1) is 17.6. The van der Waals surface area contributed by atoms with Gasteiger partial charge in [-0.25, -0.2) is 9.97 Å². The minimum Gasteiger partial charge on any atom is -0.484 e. The van der Waals surface area contributed by atoms with Crippen molar-refractivity contribution < 1.29 is 9.53 Å². The summed E-state index contributed by atoms with van der Waals surface area (Å²) in [5.74, 6) is 3.58. The number of hydrogen-bond donors (Lipinski definition) is 4. The third-order valence-electron chi connectivity index (χ3n) is 6.33. The van der Waals surface area contributed by atoms with Crippen molar-refractivity contribution >= 4 is 41.0 Å². The molecule has 2 heterocycles. The Hall–Kier alpha value is -3.85. The highest BCUT2D eigenvalue weighted by Gasteiger charge is 2.22. The quantitative estimate of drug-likeness (QED) is 0.316. The molecule has 1 saturated carbocycles. The molecule has 5 rings (SSSR count). The molecule has 8 nitrogen and oxygen atoms in total. The van der Waals surface area contributed by atoms with Crippen LogP contribution in [0.5, 0.6) is 5.75 Å². The van der Waals surface area contributed by atoms with Crippen molar-refractivity contribution in [1.82, 2.24) is 15.3 Å². The maximum Gasteiger partial charge on any atom is 0.258 e. The molecule has 1 amide bonds. The number of amides is 1. The van der Waals surface area contributed by atoms with Gasteiger partial charge in [0.2, 0.25) is 0 Å². The van der Waals surface area contributed by atoms with Crippen LogP contribution in [-0.2, 0) is 16.3 Å². The molecule has 2 aromatic carbocycles. The molecule has 0 radical (unpaired) electrons. The van der Waals surface area contributed by atoms with Gasteiger partial charge in [0, 0.05) is 52.3 Å². The maximum atomic E-state index is 12.1. The Morgan fingerprint density at radius 1 is 1.17 bits per heavy atom. The van der Waals surface area contributed by atoms with Crippen molar-refractivity contribution in [3.05, 3.63) is 71.6 Å².